The summed E-state index contributed by atoms with van der Waals surface area (Å²) in [6.45, 7) is -0.346. The van der Waals surface area contributed by atoms with E-state index in [0.29, 0.717) is 5.56 Å². The first kappa shape index (κ1) is 38.1. The van der Waals surface area contributed by atoms with E-state index in [9.17, 15) is 36.2 Å². The molecule has 0 fully saturated rings. The van der Waals surface area contributed by atoms with Crippen LogP contribution in [0.25, 0.3) is 6.08 Å². The highest BCUT2D eigenvalue weighted by Crippen LogP contribution is 2.46. The lowest BCUT2D eigenvalue weighted by molar-refractivity contribution is 0.303. The summed E-state index contributed by atoms with van der Waals surface area (Å²) in [5.74, 6) is -2.26. The summed E-state index contributed by atoms with van der Waals surface area (Å²) >= 11 is 0. The van der Waals surface area contributed by atoms with Crippen LogP contribution in [0.5, 0.6) is 12.0 Å². The Morgan fingerprint density at radius 1 is 0.820 bits per heavy atom. The van der Waals surface area contributed by atoms with Gasteiger partial charge in [-0.3, -0.25) is 9.11 Å². The van der Waals surface area contributed by atoms with Gasteiger partial charge in [0.2, 0.25) is 27.9 Å². The van der Waals surface area contributed by atoms with Crippen molar-refractivity contribution < 1.29 is 45.6 Å². The number of aromatic nitrogens is 6. The highest BCUT2D eigenvalue weighted by Gasteiger charge is 2.64. The van der Waals surface area contributed by atoms with Crippen molar-refractivity contribution in [2.75, 3.05) is 75.1 Å². The number of ether oxygens (including phenoxy) is 2. The maximum atomic E-state index is 13.3. The molecule has 0 saturated heterocycles. The summed E-state index contributed by atoms with van der Waals surface area (Å²) in [6.07, 6.45) is 4.01. The second-order valence-corrected chi connectivity index (χ2v) is 14.6. The zero-order valence-corrected chi connectivity index (χ0v) is 29.1. The van der Waals surface area contributed by atoms with Crippen LogP contribution in [0.2, 0.25) is 0 Å². The second kappa shape index (κ2) is 15.4. The molecule has 20 nitrogen and oxygen atoms in total. The van der Waals surface area contributed by atoms with E-state index in [2.05, 4.69) is 40.5 Å². The minimum Gasteiger partial charge on any atom is -0.467 e. The molecule has 6 N–H and O–H groups in total. The molecule has 0 radical (unpaired) electrons. The second-order valence-electron chi connectivity index (χ2n) is 11.0. The van der Waals surface area contributed by atoms with Crippen LogP contribution in [-0.4, -0.2) is 130 Å². The summed E-state index contributed by atoms with van der Waals surface area (Å²) in [7, 11) is -5.69. The Bertz CT molecular complexity index is 1820. The minimum atomic E-state index is -5.69. The molecule has 0 saturated carbocycles. The van der Waals surface area contributed by atoms with Crippen LogP contribution in [0.15, 0.2) is 48.6 Å². The van der Waals surface area contributed by atoms with E-state index >= 15 is 0 Å². The molecule has 1 aliphatic carbocycles. The largest absolute Gasteiger partial charge is 0.467 e. The number of rotatable bonds is 16. The molecule has 2 heterocycles. The topological polar surface area (TPSA) is 276 Å². The van der Waals surface area contributed by atoms with Gasteiger partial charge in [0.1, 0.15) is 5.66 Å². The highest BCUT2D eigenvalue weighted by atomic mass is 32.3. The minimum absolute atomic E-state index is 0.00224. The fourth-order valence-electron chi connectivity index (χ4n) is 5.06. The molecular weight excluding hydrogens is 701 g/mol. The van der Waals surface area contributed by atoms with Gasteiger partial charge in [-0.05, 0) is 11.6 Å². The lowest BCUT2D eigenvalue weighted by atomic mass is 9.86. The molecule has 1 aliphatic rings. The third kappa shape index (κ3) is 8.34. The van der Waals surface area contributed by atoms with Gasteiger partial charge in [0, 0.05) is 39.5 Å². The van der Waals surface area contributed by atoms with E-state index in [1.165, 1.54) is 42.2 Å². The number of nitrogens with zero attached hydrogens (tertiary/aromatic N) is 8. The van der Waals surface area contributed by atoms with Crippen molar-refractivity contribution in [1.82, 2.24) is 29.9 Å². The number of hydrogen-bond donors (Lipinski definition) is 6. The van der Waals surface area contributed by atoms with Crippen molar-refractivity contribution in [3.05, 3.63) is 54.1 Å². The first-order chi connectivity index (χ1) is 23.6. The van der Waals surface area contributed by atoms with Crippen LogP contribution in [0.3, 0.4) is 0 Å². The van der Waals surface area contributed by atoms with Crippen molar-refractivity contribution in [2.45, 2.75) is 16.2 Å². The van der Waals surface area contributed by atoms with Crippen molar-refractivity contribution in [2.24, 2.45) is 5.92 Å². The van der Waals surface area contributed by atoms with Crippen LogP contribution in [0.1, 0.15) is 12.0 Å². The molecule has 0 bridgehead atoms. The van der Waals surface area contributed by atoms with Gasteiger partial charge in [0.05, 0.1) is 27.4 Å². The zero-order chi connectivity index (χ0) is 36.7. The lowest BCUT2D eigenvalue weighted by Gasteiger charge is -2.44. The molecule has 0 amide bonds. The number of methoxy groups -OCH3 is 2. The third-order valence-corrected chi connectivity index (χ3v) is 11.4. The number of aliphatic hydroxyl groups is 2. The fraction of sp³-hybridized carbons (Fsp3) is 0.429. The molecule has 50 heavy (non-hydrogen) atoms. The van der Waals surface area contributed by atoms with Gasteiger partial charge in [0.25, 0.3) is 20.2 Å². The maximum Gasteiger partial charge on any atom is 0.322 e. The van der Waals surface area contributed by atoms with E-state index in [4.69, 9.17) is 9.47 Å². The smallest absolute Gasteiger partial charge is 0.322 e. The predicted octanol–water partition coefficient (Wildman–Crippen LogP) is -0.0875. The maximum absolute atomic E-state index is 13.3. The molecular formula is C28H38N10O10S2. The zero-order valence-electron chi connectivity index (χ0n) is 27.4. The first-order valence-corrected chi connectivity index (χ1v) is 17.7. The molecule has 1 aromatic carbocycles. The summed E-state index contributed by atoms with van der Waals surface area (Å²) in [5, 5.41) is 24.6. The first-order valence-electron chi connectivity index (χ1n) is 14.8. The van der Waals surface area contributed by atoms with Gasteiger partial charge in [0.15, 0.2) is 0 Å². The van der Waals surface area contributed by atoms with Gasteiger partial charge < -0.3 is 40.1 Å². The quantitative estimate of drug-likeness (QED) is 0.0636. The number of anilines is 4. The Morgan fingerprint density at radius 3 is 1.72 bits per heavy atom. The number of nitrogens with one attached hydrogen (secondary N) is 2. The number of benzene rings is 1. The van der Waals surface area contributed by atoms with Crippen molar-refractivity contribution >= 4 is 50.1 Å². The predicted molar refractivity (Wildman–Crippen MR) is 182 cm³/mol. The fourth-order valence-corrected chi connectivity index (χ4v) is 7.95. The Balaban J connectivity index is 1.98. The van der Waals surface area contributed by atoms with E-state index < -0.39 is 42.3 Å². The van der Waals surface area contributed by atoms with Gasteiger partial charge in [-0.1, -0.05) is 48.6 Å². The molecule has 4 rings (SSSR count). The Labute approximate surface area is 288 Å². The molecule has 1 unspecified atom stereocenters. The molecule has 0 aliphatic heterocycles. The number of allylic oxidation sites excluding steroid dienone is 2. The Kier molecular flexibility index (Phi) is 11.8. The number of likely N-dealkylation sites (N-methyl/N-ethyl adjacent to an activating group) is 2. The van der Waals surface area contributed by atoms with Crippen molar-refractivity contribution in [1.29, 1.82) is 0 Å². The third-order valence-electron chi connectivity index (χ3n) is 7.58. The Hall–Kier alpha value is -4.74. The van der Waals surface area contributed by atoms with Crippen molar-refractivity contribution in [3.8, 4) is 12.0 Å². The van der Waals surface area contributed by atoms with E-state index in [-0.39, 0.29) is 62.1 Å². The SMILES string of the molecule is COc1nc(NC2(Nc3nc(OC)nc(N(C)CCO)n3)C=CC(C=Cc3ccccc3)C(S(=O)(=O)O)(S(=O)(=O)O)C2)nc(N(C)CCO)n1. The molecule has 0 spiro atoms. The van der Waals surface area contributed by atoms with E-state index in [1.807, 2.05) is 0 Å². The standard InChI is InChI=1S/C28H38N10O10S2/c1-37(14-16-39)23-29-21(31-25(33-23)47-3)35-27(36-22-30-24(38(2)15-17-40)34-26(32-22)48-4)13-12-20(11-10-19-8-6-5-7-9-19)28(18-27,49(41,42)43)50(44,45)46/h5-13,20,39-40H,14-18H2,1-4H3,(H,41,42,43)(H,44,45,46)(H,29,31,33,35)(H,30,32,34,36). The lowest BCUT2D eigenvalue weighted by Crippen LogP contribution is -2.62. The van der Waals surface area contributed by atoms with Gasteiger partial charge in [-0.25, -0.2) is 0 Å². The monoisotopic (exact) mass is 738 g/mol. The van der Waals surface area contributed by atoms with Crippen LogP contribution in [0, 0.1) is 5.92 Å². The highest BCUT2D eigenvalue weighted by molar-refractivity contribution is 8.05. The number of aliphatic hydroxyl groups excluding tert-OH is 2. The average molecular weight is 739 g/mol. The molecule has 2 aromatic heterocycles. The number of hydrogen-bond acceptors (Lipinski definition) is 18. The van der Waals surface area contributed by atoms with E-state index in [1.54, 1.807) is 44.4 Å². The molecule has 22 heteroatoms. The van der Waals surface area contributed by atoms with E-state index in [0.717, 1.165) is 6.08 Å². The summed E-state index contributed by atoms with van der Waals surface area (Å²) in [6, 6.07) is 8.09. The van der Waals surface area contributed by atoms with Crippen LogP contribution < -0.4 is 29.9 Å². The Morgan fingerprint density at radius 2 is 1.30 bits per heavy atom. The van der Waals surface area contributed by atoms with Crippen molar-refractivity contribution in [3.63, 3.8) is 0 Å². The van der Waals surface area contributed by atoms with Gasteiger partial charge in [-0.15, -0.1) is 0 Å². The van der Waals surface area contributed by atoms with Crippen LogP contribution in [-0.2, 0) is 20.2 Å². The molecule has 3 aromatic rings. The molecule has 1 atom stereocenters. The van der Waals surface area contributed by atoms with Crippen LogP contribution in [0.4, 0.5) is 23.8 Å². The van der Waals surface area contributed by atoms with Gasteiger partial charge in [-0.2, -0.15) is 46.7 Å². The molecule has 272 valence electrons. The summed E-state index contributed by atoms with van der Waals surface area (Å²) in [4.78, 5) is 28.2. The summed E-state index contributed by atoms with van der Waals surface area (Å²) in [5.41, 5.74) is -1.57. The average Bonchev–Trinajstić information content (AvgIpc) is 3.07. The van der Waals surface area contributed by atoms with Crippen LogP contribution >= 0.6 is 0 Å². The van der Waals surface area contributed by atoms with Gasteiger partial charge >= 0.3 is 12.0 Å². The normalized spacial score (nSPS) is 16.9. The summed E-state index contributed by atoms with van der Waals surface area (Å²) < 4.78 is 81.7.